The van der Waals surface area contributed by atoms with E-state index in [-0.39, 0.29) is 6.42 Å². The highest BCUT2D eigenvalue weighted by atomic mass is 16.5. The fourth-order valence-electron chi connectivity index (χ4n) is 1.12. The number of nitrogens with two attached hydrogens (primary N) is 1. The van der Waals surface area contributed by atoms with E-state index in [1.807, 2.05) is 6.07 Å². The van der Waals surface area contributed by atoms with Crippen LogP contribution in [0.5, 0.6) is 0 Å². The van der Waals surface area contributed by atoms with E-state index in [2.05, 4.69) is 0 Å². The SMILES string of the molecule is CC(C#N)OC(=O)Cc1ccccc1N. The van der Waals surface area contributed by atoms with Gasteiger partial charge in [0.25, 0.3) is 0 Å². The normalized spacial score (nSPS) is 11.5. The Bertz CT molecular complexity index is 396. The number of nitrogen functional groups attached to an aromatic ring is 1. The molecule has 4 heteroatoms. The average Bonchev–Trinajstić information content (AvgIpc) is 2.21. The van der Waals surface area contributed by atoms with Gasteiger partial charge in [-0.05, 0) is 18.6 Å². The second-order valence-electron chi connectivity index (χ2n) is 3.14. The van der Waals surface area contributed by atoms with Gasteiger partial charge in [-0.1, -0.05) is 18.2 Å². The molecule has 15 heavy (non-hydrogen) atoms. The Morgan fingerprint density at radius 3 is 2.87 bits per heavy atom. The molecule has 0 aliphatic carbocycles. The highest BCUT2D eigenvalue weighted by Gasteiger charge is 2.10. The van der Waals surface area contributed by atoms with Crippen molar-refractivity contribution in [3.63, 3.8) is 0 Å². The Labute approximate surface area is 88.3 Å². The molecule has 0 amide bonds. The molecular weight excluding hydrogens is 192 g/mol. The van der Waals surface area contributed by atoms with Gasteiger partial charge in [-0.3, -0.25) is 4.79 Å². The Morgan fingerprint density at radius 1 is 1.60 bits per heavy atom. The van der Waals surface area contributed by atoms with Crippen LogP contribution in [-0.2, 0) is 16.0 Å². The fourth-order valence-corrected chi connectivity index (χ4v) is 1.12. The number of ether oxygens (including phenoxy) is 1. The average molecular weight is 204 g/mol. The monoisotopic (exact) mass is 204 g/mol. The number of carbonyl (C=O) groups is 1. The molecule has 1 atom stereocenters. The molecule has 4 nitrogen and oxygen atoms in total. The molecule has 0 aromatic heterocycles. The van der Waals surface area contributed by atoms with E-state index in [1.54, 1.807) is 24.3 Å². The predicted octanol–water partition coefficient (Wildman–Crippen LogP) is 1.27. The molecule has 0 aliphatic heterocycles. The van der Waals surface area contributed by atoms with Gasteiger partial charge < -0.3 is 10.5 Å². The van der Waals surface area contributed by atoms with Gasteiger partial charge >= 0.3 is 5.97 Å². The van der Waals surface area contributed by atoms with Crippen molar-refractivity contribution in [2.75, 3.05) is 5.73 Å². The number of hydrogen-bond donors (Lipinski definition) is 1. The summed E-state index contributed by atoms with van der Waals surface area (Å²) in [4.78, 5) is 11.3. The highest BCUT2D eigenvalue weighted by molar-refractivity contribution is 5.75. The largest absolute Gasteiger partial charge is 0.447 e. The van der Waals surface area contributed by atoms with Crippen molar-refractivity contribution >= 4 is 11.7 Å². The van der Waals surface area contributed by atoms with Crippen LogP contribution in [0.25, 0.3) is 0 Å². The maximum absolute atomic E-state index is 11.3. The Kier molecular flexibility index (Phi) is 3.69. The van der Waals surface area contributed by atoms with Crippen LogP contribution in [0.2, 0.25) is 0 Å². The molecule has 1 aromatic carbocycles. The van der Waals surface area contributed by atoms with Crippen LogP contribution in [-0.4, -0.2) is 12.1 Å². The Morgan fingerprint density at radius 2 is 2.27 bits per heavy atom. The quantitative estimate of drug-likeness (QED) is 0.594. The summed E-state index contributed by atoms with van der Waals surface area (Å²) in [6.07, 6.45) is -0.624. The highest BCUT2D eigenvalue weighted by Crippen LogP contribution is 2.11. The molecule has 1 aromatic rings. The lowest BCUT2D eigenvalue weighted by Crippen LogP contribution is -2.15. The van der Waals surface area contributed by atoms with Gasteiger partial charge in [-0.2, -0.15) is 5.26 Å². The predicted molar refractivity (Wildman–Crippen MR) is 55.7 cm³/mol. The maximum Gasteiger partial charge on any atom is 0.311 e. The van der Waals surface area contributed by atoms with Crippen LogP contribution >= 0.6 is 0 Å². The number of carbonyl (C=O) groups excluding carboxylic acids is 1. The summed E-state index contributed by atoms with van der Waals surface area (Å²) in [7, 11) is 0. The number of benzene rings is 1. The van der Waals surface area contributed by atoms with Crippen molar-refractivity contribution in [1.29, 1.82) is 5.26 Å². The number of rotatable bonds is 3. The molecule has 0 spiro atoms. The lowest BCUT2D eigenvalue weighted by Gasteiger charge is -2.07. The van der Waals surface area contributed by atoms with Crippen molar-refractivity contribution in [2.24, 2.45) is 0 Å². The van der Waals surface area contributed by atoms with Crippen molar-refractivity contribution in [3.05, 3.63) is 29.8 Å². The maximum atomic E-state index is 11.3. The second-order valence-corrected chi connectivity index (χ2v) is 3.14. The zero-order valence-corrected chi connectivity index (χ0v) is 8.43. The van der Waals surface area contributed by atoms with E-state index in [1.165, 1.54) is 6.92 Å². The number of hydrogen-bond acceptors (Lipinski definition) is 4. The van der Waals surface area contributed by atoms with Gasteiger partial charge in [-0.25, -0.2) is 0 Å². The number of para-hydroxylation sites is 1. The second kappa shape index (κ2) is 5.01. The molecule has 78 valence electrons. The van der Waals surface area contributed by atoms with Crippen molar-refractivity contribution in [1.82, 2.24) is 0 Å². The van der Waals surface area contributed by atoms with Crippen LogP contribution in [0.1, 0.15) is 12.5 Å². The van der Waals surface area contributed by atoms with Gasteiger partial charge in [0.05, 0.1) is 6.42 Å². The first-order valence-electron chi connectivity index (χ1n) is 4.56. The van der Waals surface area contributed by atoms with E-state index < -0.39 is 12.1 Å². The minimum atomic E-state index is -0.720. The number of anilines is 1. The minimum Gasteiger partial charge on any atom is -0.447 e. The topological polar surface area (TPSA) is 76.1 Å². The number of esters is 1. The standard InChI is InChI=1S/C11H12N2O2/c1-8(7-12)15-11(14)6-9-4-2-3-5-10(9)13/h2-5,8H,6,13H2,1H3. The summed E-state index contributed by atoms with van der Waals surface area (Å²) < 4.78 is 4.80. The van der Waals surface area contributed by atoms with Crippen LogP contribution in [0, 0.1) is 11.3 Å². The first-order chi connectivity index (χ1) is 7.13. The van der Waals surface area contributed by atoms with Crippen LogP contribution < -0.4 is 5.73 Å². The first-order valence-corrected chi connectivity index (χ1v) is 4.56. The molecule has 0 heterocycles. The van der Waals surface area contributed by atoms with E-state index in [4.69, 9.17) is 15.7 Å². The van der Waals surface area contributed by atoms with Crippen molar-refractivity contribution in [3.8, 4) is 6.07 Å². The zero-order chi connectivity index (χ0) is 11.3. The van der Waals surface area contributed by atoms with Crippen LogP contribution in [0.15, 0.2) is 24.3 Å². The fraction of sp³-hybridized carbons (Fsp3) is 0.273. The number of nitriles is 1. The van der Waals surface area contributed by atoms with Crippen LogP contribution in [0.3, 0.4) is 0 Å². The van der Waals surface area contributed by atoms with Gasteiger partial charge in [0.1, 0.15) is 6.07 Å². The molecule has 0 radical (unpaired) electrons. The zero-order valence-electron chi connectivity index (χ0n) is 8.43. The first kappa shape index (κ1) is 11.1. The Balaban J connectivity index is 2.60. The lowest BCUT2D eigenvalue weighted by atomic mass is 10.1. The van der Waals surface area contributed by atoms with Gasteiger partial charge in [-0.15, -0.1) is 0 Å². The molecular formula is C11H12N2O2. The molecule has 0 bridgehead atoms. The smallest absolute Gasteiger partial charge is 0.311 e. The molecule has 1 rings (SSSR count). The summed E-state index contributed by atoms with van der Waals surface area (Å²) in [5.41, 5.74) is 6.93. The minimum absolute atomic E-state index is 0.0959. The molecule has 0 saturated heterocycles. The van der Waals surface area contributed by atoms with E-state index in [0.717, 1.165) is 0 Å². The van der Waals surface area contributed by atoms with Crippen molar-refractivity contribution < 1.29 is 9.53 Å². The number of nitrogens with zero attached hydrogens (tertiary/aromatic N) is 1. The van der Waals surface area contributed by atoms with Crippen LogP contribution in [0.4, 0.5) is 5.69 Å². The third-order valence-electron chi connectivity index (χ3n) is 1.88. The third kappa shape index (κ3) is 3.31. The molecule has 2 N–H and O–H groups in total. The Hall–Kier alpha value is -2.02. The lowest BCUT2D eigenvalue weighted by molar-refractivity contribution is -0.145. The van der Waals surface area contributed by atoms with Crippen molar-refractivity contribution in [2.45, 2.75) is 19.4 Å². The molecule has 0 aliphatic rings. The summed E-state index contributed by atoms with van der Waals surface area (Å²) >= 11 is 0. The summed E-state index contributed by atoms with van der Waals surface area (Å²) in [6.45, 7) is 1.52. The summed E-state index contributed by atoms with van der Waals surface area (Å²) in [6, 6.07) is 8.89. The van der Waals surface area contributed by atoms with Gasteiger partial charge in [0.2, 0.25) is 0 Å². The van der Waals surface area contributed by atoms with Gasteiger partial charge in [0.15, 0.2) is 6.10 Å². The summed E-state index contributed by atoms with van der Waals surface area (Å²) in [5.74, 6) is -0.443. The van der Waals surface area contributed by atoms with E-state index in [9.17, 15) is 4.79 Å². The molecule has 0 fully saturated rings. The molecule has 1 unspecified atom stereocenters. The van der Waals surface area contributed by atoms with E-state index in [0.29, 0.717) is 11.3 Å². The van der Waals surface area contributed by atoms with E-state index >= 15 is 0 Å². The molecule has 0 saturated carbocycles. The van der Waals surface area contributed by atoms with Gasteiger partial charge in [0, 0.05) is 5.69 Å². The third-order valence-corrected chi connectivity index (χ3v) is 1.88. The summed E-state index contributed by atoms with van der Waals surface area (Å²) in [5, 5.41) is 8.45.